The summed E-state index contributed by atoms with van der Waals surface area (Å²) in [7, 11) is 1.64. The van der Waals surface area contributed by atoms with Crippen molar-refractivity contribution >= 4 is 34.6 Å². The number of anilines is 2. The number of nitrogens with one attached hydrogen (secondary N) is 2. The summed E-state index contributed by atoms with van der Waals surface area (Å²) in [5.41, 5.74) is 1.28. The molecule has 29 heavy (non-hydrogen) atoms. The van der Waals surface area contributed by atoms with Crippen molar-refractivity contribution in [3.8, 4) is 5.75 Å². The molecule has 154 valence electrons. The SMILES string of the molecule is COc1ccc(N2CC[NH+]([C@@H](C)C(=O)Nc3cc([N+](=O)[O-])ccc3Cl)CC2)cc1. The molecule has 0 radical (unpaired) electrons. The number of carbonyl (C=O) groups excluding carboxylic acids is 1. The van der Waals surface area contributed by atoms with E-state index < -0.39 is 4.92 Å². The second-order valence-electron chi connectivity index (χ2n) is 6.98. The number of halogens is 1. The highest BCUT2D eigenvalue weighted by Gasteiger charge is 2.29. The maximum absolute atomic E-state index is 12.7. The number of nitrogens with zero attached hydrogens (tertiary/aromatic N) is 2. The van der Waals surface area contributed by atoms with Crippen LogP contribution in [0.4, 0.5) is 17.1 Å². The van der Waals surface area contributed by atoms with Gasteiger partial charge in [0.15, 0.2) is 6.04 Å². The van der Waals surface area contributed by atoms with Crippen LogP contribution in [-0.2, 0) is 4.79 Å². The summed E-state index contributed by atoms with van der Waals surface area (Å²) in [6.07, 6.45) is 0. The monoisotopic (exact) mass is 419 g/mol. The summed E-state index contributed by atoms with van der Waals surface area (Å²) >= 11 is 6.08. The lowest BCUT2D eigenvalue weighted by Crippen LogP contribution is -3.19. The zero-order chi connectivity index (χ0) is 21.0. The van der Waals surface area contributed by atoms with E-state index in [1.54, 1.807) is 7.11 Å². The minimum atomic E-state index is -0.515. The van der Waals surface area contributed by atoms with Crippen LogP contribution in [0.5, 0.6) is 5.75 Å². The number of carbonyl (C=O) groups is 1. The zero-order valence-corrected chi connectivity index (χ0v) is 17.1. The largest absolute Gasteiger partial charge is 0.497 e. The quantitative estimate of drug-likeness (QED) is 0.552. The highest BCUT2D eigenvalue weighted by Crippen LogP contribution is 2.26. The first-order valence-electron chi connectivity index (χ1n) is 9.37. The molecule has 0 unspecified atom stereocenters. The highest BCUT2D eigenvalue weighted by molar-refractivity contribution is 6.33. The molecule has 1 aliphatic rings. The smallest absolute Gasteiger partial charge is 0.282 e. The Morgan fingerprint density at radius 2 is 1.90 bits per heavy atom. The minimum absolute atomic E-state index is 0.113. The molecule has 0 aromatic heterocycles. The van der Waals surface area contributed by atoms with Crippen LogP contribution in [0.25, 0.3) is 0 Å². The van der Waals surface area contributed by atoms with Gasteiger partial charge in [-0.25, -0.2) is 0 Å². The third-order valence-electron chi connectivity index (χ3n) is 5.27. The molecular formula is C20H24ClN4O4+. The number of non-ortho nitro benzene ring substituents is 1. The van der Waals surface area contributed by atoms with Gasteiger partial charge in [0, 0.05) is 17.8 Å². The number of ether oxygens (including phenoxy) is 1. The van der Waals surface area contributed by atoms with E-state index in [1.165, 1.54) is 18.2 Å². The number of nitro benzene ring substituents is 1. The average molecular weight is 420 g/mol. The van der Waals surface area contributed by atoms with Gasteiger partial charge in [-0.1, -0.05) is 11.6 Å². The zero-order valence-electron chi connectivity index (χ0n) is 16.4. The molecule has 1 fully saturated rings. The Bertz CT molecular complexity index is 883. The summed E-state index contributed by atoms with van der Waals surface area (Å²) in [5.74, 6) is 0.614. The number of hydrogen-bond donors (Lipinski definition) is 2. The Labute approximate surface area is 174 Å². The molecule has 9 heteroatoms. The number of piperazine rings is 1. The van der Waals surface area contributed by atoms with Crippen molar-refractivity contribution in [2.75, 3.05) is 43.5 Å². The number of quaternary nitrogens is 1. The van der Waals surface area contributed by atoms with Gasteiger partial charge in [0.05, 0.1) is 48.9 Å². The van der Waals surface area contributed by atoms with Crippen LogP contribution in [0.3, 0.4) is 0 Å². The Morgan fingerprint density at radius 1 is 1.24 bits per heavy atom. The summed E-state index contributed by atoms with van der Waals surface area (Å²) in [6.45, 7) is 5.14. The summed E-state index contributed by atoms with van der Waals surface area (Å²) in [5, 5.41) is 14.0. The molecule has 1 aliphatic heterocycles. The Kier molecular flexibility index (Phi) is 6.56. The van der Waals surface area contributed by atoms with Gasteiger partial charge in [-0.15, -0.1) is 0 Å². The number of nitro groups is 1. The summed E-state index contributed by atoms with van der Waals surface area (Å²) in [4.78, 5) is 26.6. The fraction of sp³-hybridized carbons (Fsp3) is 0.350. The summed E-state index contributed by atoms with van der Waals surface area (Å²) in [6, 6.07) is 11.6. The number of benzene rings is 2. The molecule has 3 rings (SSSR count). The van der Waals surface area contributed by atoms with Gasteiger partial charge < -0.3 is 19.9 Å². The lowest BCUT2D eigenvalue weighted by Gasteiger charge is -2.36. The van der Waals surface area contributed by atoms with E-state index in [0.717, 1.165) is 42.5 Å². The molecule has 0 bridgehead atoms. The van der Waals surface area contributed by atoms with Crippen LogP contribution in [-0.4, -0.2) is 50.2 Å². The van der Waals surface area contributed by atoms with Crippen molar-refractivity contribution < 1.29 is 19.4 Å². The number of methoxy groups -OCH3 is 1. The molecule has 1 amide bonds. The second-order valence-corrected chi connectivity index (χ2v) is 7.38. The van der Waals surface area contributed by atoms with E-state index in [2.05, 4.69) is 10.2 Å². The standard InChI is InChI=1S/C20H23ClN4O4/c1-14(20(26)22-19-13-16(25(27)28)5-8-18(19)21)23-9-11-24(12-10-23)15-3-6-17(29-2)7-4-15/h3-8,13-14H,9-12H2,1-2H3,(H,22,26)/p+1/t14-/m0/s1. The van der Waals surface area contributed by atoms with Crippen molar-refractivity contribution in [2.45, 2.75) is 13.0 Å². The van der Waals surface area contributed by atoms with Crippen molar-refractivity contribution in [3.05, 3.63) is 57.6 Å². The van der Waals surface area contributed by atoms with Gasteiger partial charge >= 0.3 is 0 Å². The van der Waals surface area contributed by atoms with Gasteiger partial charge in [0.25, 0.3) is 11.6 Å². The van der Waals surface area contributed by atoms with E-state index in [0.29, 0.717) is 0 Å². The number of amides is 1. The predicted molar refractivity (Wildman–Crippen MR) is 112 cm³/mol. The van der Waals surface area contributed by atoms with Gasteiger partial charge in [-0.2, -0.15) is 0 Å². The minimum Gasteiger partial charge on any atom is -0.497 e. The molecule has 2 aromatic carbocycles. The van der Waals surface area contributed by atoms with E-state index >= 15 is 0 Å². The van der Waals surface area contributed by atoms with E-state index in [9.17, 15) is 14.9 Å². The highest BCUT2D eigenvalue weighted by atomic mass is 35.5. The van der Waals surface area contributed by atoms with Gasteiger partial charge in [0.2, 0.25) is 0 Å². The Hall–Kier alpha value is -2.84. The molecule has 1 atom stereocenters. The van der Waals surface area contributed by atoms with Crippen LogP contribution in [0.2, 0.25) is 5.02 Å². The molecule has 0 saturated carbocycles. The molecular weight excluding hydrogens is 396 g/mol. The van der Waals surface area contributed by atoms with Crippen molar-refractivity contribution in [1.29, 1.82) is 0 Å². The van der Waals surface area contributed by atoms with E-state index in [-0.39, 0.29) is 28.3 Å². The molecule has 0 spiro atoms. The van der Waals surface area contributed by atoms with Crippen molar-refractivity contribution in [1.82, 2.24) is 0 Å². The summed E-state index contributed by atoms with van der Waals surface area (Å²) < 4.78 is 5.20. The molecule has 8 nitrogen and oxygen atoms in total. The van der Waals surface area contributed by atoms with Crippen LogP contribution in [0, 0.1) is 10.1 Å². The Morgan fingerprint density at radius 3 is 2.48 bits per heavy atom. The fourth-order valence-electron chi connectivity index (χ4n) is 3.43. The van der Waals surface area contributed by atoms with Gasteiger partial charge in [0.1, 0.15) is 5.75 Å². The first kappa shape index (κ1) is 20.9. The van der Waals surface area contributed by atoms with E-state index in [4.69, 9.17) is 16.3 Å². The van der Waals surface area contributed by atoms with Crippen LogP contribution < -0.4 is 19.9 Å². The van der Waals surface area contributed by atoms with Crippen LogP contribution in [0.15, 0.2) is 42.5 Å². The number of rotatable bonds is 6. The molecule has 1 saturated heterocycles. The third kappa shape index (κ3) is 4.96. The van der Waals surface area contributed by atoms with E-state index in [1.807, 2.05) is 31.2 Å². The fourth-order valence-corrected chi connectivity index (χ4v) is 3.59. The van der Waals surface area contributed by atoms with Crippen LogP contribution in [0.1, 0.15) is 6.92 Å². The lowest BCUT2D eigenvalue weighted by molar-refractivity contribution is -0.914. The normalized spacial score (nSPS) is 15.6. The molecule has 2 N–H and O–H groups in total. The molecule has 0 aliphatic carbocycles. The Balaban J connectivity index is 1.58. The topological polar surface area (TPSA) is 89.2 Å². The van der Waals surface area contributed by atoms with Crippen molar-refractivity contribution in [3.63, 3.8) is 0 Å². The first-order chi connectivity index (χ1) is 13.9. The maximum Gasteiger partial charge on any atom is 0.282 e. The van der Waals surface area contributed by atoms with Crippen molar-refractivity contribution in [2.24, 2.45) is 0 Å². The second kappa shape index (κ2) is 9.11. The molecule has 2 aromatic rings. The van der Waals surface area contributed by atoms with Gasteiger partial charge in [-0.05, 0) is 37.3 Å². The molecule has 1 heterocycles. The average Bonchev–Trinajstić information content (AvgIpc) is 2.74. The first-order valence-corrected chi connectivity index (χ1v) is 9.75. The van der Waals surface area contributed by atoms with Gasteiger partial charge in [-0.3, -0.25) is 14.9 Å². The lowest BCUT2D eigenvalue weighted by atomic mass is 10.2. The van der Waals surface area contributed by atoms with Crippen LogP contribution >= 0.6 is 11.6 Å². The maximum atomic E-state index is 12.7. The predicted octanol–water partition coefficient (Wildman–Crippen LogP) is 1.99. The third-order valence-corrected chi connectivity index (χ3v) is 5.60. The number of hydrogen-bond acceptors (Lipinski definition) is 5.